The minimum absolute atomic E-state index is 0. The summed E-state index contributed by atoms with van der Waals surface area (Å²) in [6.45, 7) is 34.6. The fraction of sp³-hybridized carbons (Fsp3) is 0.710. The first kappa shape index (κ1) is 74.6. The Morgan fingerprint density at radius 3 is 1.13 bits per heavy atom. The minimum atomic E-state index is -1.74. The summed E-state index contributed by atoms with van der Waals surface area (Å²) < 4.78 is 12.9. The van der Waals surface area contributed by atoms with Crippen LogP contribution < -0.4 is 15.9 Å². The van der Waals surface area contributed by atoms with Crippen LogP contribution >= 0.6 is 24.2 Å². The summed E-state index contributed by atoms with van der Waals surface area (Å²) >= 11 is 0. The lowest BCUT2D eigenvalue weighted by molar-refractivity contribution is 0.261. The molecule has 1 N–H and O–H groups in total. The third-order valence-electron chi connectivity index (χ3n) is 16.7. The molecular weight excluding hydrogens is 1040 g/mol. The van der Waals surface area contributed by atoms with Gasteiger partial charge in [-0.05, 0) is 124 Å². The van der Waals surface area contributed by atoms with Crippen LogP contribution in [-0.2, 0) is 8.85 Å². The lowest BCUT2D eigenvalue weighted by atomic mass is 9.90. The molecule has 0 spiro atoms. The molecule has 0 radical (unpaired) electrons. The van der Waals surface area contributed by atoms with Gasteiger partial charge in [-0.25, -0.2) is 0 Å². The van der Waals surface area contributed by atoms with Crippen molar-refractivity contribution in [1.82, 2.24) is 0 Å². The van der Waals surface area contributed by atoms with Gasteiger partial charge in [0, 0.05) is 26.2 Å². The number of unbranched alkanes of at least 4 members (excludes halogenated alkanes) is 16. The largest absolute Gasteiger partial charge is 0.417 e. The molecule has 0 saturated heterocycles. The molecule has 76 heavy (non-hydrogen) atoms. The van der Waals surface area contributed by atoms with Crippen LogP contribution in [-0.4, -0.2) is 47.7 Å². The van der Waals surface area contributed by atoms with Crippen molar-refractivity contribution in [2.75, 3.05) is 26.0 Å². The highest BCUT2D eigenvalue weighted by atomic mass is 79.9. The van der Waals surface area contributed by atoms with Gasteiger partial charge in [-0.15, -0.1) is 17.0 Å². The first-order chi connectivity index (χ1) is 35.9. The number of aliphatic hydroxyl groups excluding tert-OH is 1. The maximum absolute atomic E-state index is 9.00. The van der Waals surface area contributed by atoms with Crippen molar-refractivity contribution in [2.24, 2.45) is 5.92 Å². The van der Waals surface area contributed by atoms with Gasteiger partial charge in [0.15, 0.2) is 16.6 Å². The van der Waals surface area contributed by atoms with E-state index in [2.05, 4.69) is 192 Å². The average Bonchev–Trinajstić information content (AvgIpc) is 3.39. The molecule has 0 aromatic heterocycles. The predicted molar refractivity (Wildman–Crippen MR) is 357 cm³/mol. The van der Waals surface area contributed by atoms with Crippen molar-refractivity contribution >= 4 is 56.8 Å². The van der Waals surface area contributed by atoms with Gasteiger partial charge in [0.1, 0.15) is 23.2 Å². The molecule has 3 rings (SSSR count). The Morgan fingerprint density at radius 1 is 0.461 bits per heavy atom. The molecule has 3 aromatic rings. The Morgan fingerprint density at radius 2 is 0.789 bits per heavy atom. The minimum Gasteiger partial charge on any atom is -0.417 e. The van der Waals surface area contributed by atoms with Crippen molar-refractivity contribution in [1.29, 1.82) is 0 Å². The third-order valence-corrected chi connectivity index (χ3v) is 30.3. The van der Waals surface area contributed by atoms with Crippen molar-refractivity contribution in [3.63, 3.8) is 0 Å². The number of hydrogen-bond acceptors (Lipinski definition) is 3. The summed E-state index contributed by atoms with van der Waals surface area (Å²) in [4.78, 5) is 0. The standard InChI is InChI=1S/C27H36OPSi.C24H50OSi.C18H38O.BrH/c1-27(2,3)30(4,5)28-22-15-23-29(24-16-9-6-10-17-24,25-18-11-7-12-19-25)26-20-13-8-14-21-26;1-8-10-12-14-16-19-23(20-17-15-13-11-9-2)21-18-22-25-26(6,7)24(3,4)5;1-3-5-7-9-11-14-18(16-13-17-19)15-12-10-8-6-4-2;/h6-14,16-21H,15,22-23H2,1-5H3;21H,8-20,22H2,1-7H3;18-19H,3-17H2,1-2H3;1H/q+1;;;. The van der Waals surface area contributed by atoms with Crippen LogP contribution in [0.5, 0.6) is 0 Å². The van der Waals surface area contributed by atoms with E-state index in [4.69, 9.17) is 14.0 Å². The zero-order valence-electron chi connectivity index (χ0n) is 52.6. The van der Waals surface area contributed by atoms with Gasteiger partial charge in [0.25, 0.3) is 0 Å². The molecule has 0 amide bonds. The molecule has 7 heteroatoms. The van der Waals surface area contributed by atoms with E-state index < -0.39 is 23.9 Å². The first-order valence-corrected chi connectivity index (χ1v) is 39.3. The van der Waals surface area contributed by atoms with Crippen molar-refractivity contribution in [2.45, 2.75) is 285 Å². The summed E-state index contributed by atoms with van der Waals surface area (Å²) in [6.07, 6.45) is 41.3. The Balaban J connectivity index is 0.00000113. The highest BCUT2D eigenvalue weighted by molar-refractivity contribution is 8.93. The van der Waals surface area contributed by atoms with Gasteiger partial charge >= 0.3 is 0 Å². The van der Waals surface area contributed by atoms with E-state index in [1.165, 1.54) is 176 Å². The monoisotopic (exact) mass is 1170 g/mol. The maximum Gasteiger partial charge on any atom is 0.191 e. The normalized spacial score (nSPS) is 12.1. The Labute approximate surface area is 487 Å². The zero-order valence-corrected chi connectivity index (χ0v) is 57.2. The molecule has 0 heterocycles. The number of halogens is 1. The Bertz CT molecular complexity index is 1650. The second kappa shape index (κ2) is 44.3. The molecule has 0 aliphatic carbocycles. The fourth-order valence-electron chi connectivity index (χ4n) is 9.65. The lowest BCUT2D eigenvalue weighted by Crippen LogP contribution is -2.41. The number of allylic oxidation sites excluding steroid dienone is 1. The molecular formula is C69H125BrO3PSi2+. The summed E-state index contributed by atoms with van der Waals surface area (Å²) in [5.41, 5.74) is 1.71. The zero-order chi connectivity index (χ0) is 55.7. The van der Waals surface area contributed by atoms with Crippen molar-refractivity contribution in [3.8, 4) is 0 Å². The van der Waals surface area contributed by atoms with Crippen LogP contribution in [0.1, 0.15) is 249 Å². The van der Waals surface area contributed by atoms with Crippen LogP contribution in [0.4, 0.5) is 0 Å². The number of benzene rings is 3. The van der Waals surface area contributed by atoms with Gasteiger partial charge < -0.3 is 14.0 Å². The lowest BCUT2D eigenvalue weighted by Gasteiger charge is -2.36. The van der Waals surface area contributed by atoms with E-state index in [1.54, 1.807) is 5.57 Å². The van der Waals surface area contributed by atoms with Crippen LogP contribution in [0.2, 0.25) is 36.3 Å². The second-order valence-electron chi connectivity index (χ2n) is 25.2. The fourth-order valence-corrected chi connectivity index (χ4v) is 16.1. The average molecular weight is 1170 g/mol. The van der Waals surface area contributed by atoms with E-state index in [9.17, 15) is 0 Å². The summed E-state index contributed by atoms with van der Waals surface area (Å²) in [5, 5.41) is 13.9. The molecule has 438 valence electrons. The van der Waals surface area contributed by atoms with Gasteiger partial charge in [0.2, 0.25) is 0 Å². The molecule has 0 bridgehead atoms. The van der Waals surface area contributed by atoms with Crippen molar-refractivity contribution < 1.29 is 14.0 Å². The van der Waals surface area contributed by atoms with Crippen LogP contribution in [0.25, 0.3) is 0 Å². The molecule has 3 aromatic carbocycles. The number of hydrogen-bond donors (Lipinski definition) is 1. The molecule has 0 atom stereocenters. The van der Waals surface area contributed by atoms with Crippen LogP contribution in [0.3, 0.4) is 0 Å². The van der Waals surface area contributed by atoms with E-state index in [1.807, 2.05) is 0 Å². The summed E-state index contributed by atoms with van der Waals surface area (Å²) in [5.74, 6) is 0.885. The molecule has 0 saturated carbocycles. The van der Waals surface area contributed by atoms with Gasteiger partial charge in [-0.1, -0.05) is 264 Å². The molecule has 0 fully saturated rings. The topological polar surface area (TPSA) is 38.7 Å². The van der Waals surface area contributed by atoms with Crippen molar-refractivity contribution in [3.05, 3.63) is 103 Å². The van der Waals surface area contributed by atoms with Crippen LogP contribution in [0, 0.1) is 5.92 Å². The molecule has 3 nitrogen and oxygen atoms in total. The van der Waals surface area contributed by atoms with Gasteiger partial charge in [0.05, 0.1) is 6.16 Å². The molecule has 0 aliphatic rings. The quantitative estimate of drug-likeness (QED) is 0.0268. The maximum atomic E-state index is 9.00. The van der Waals surface area contributed by atoms with Crippen LogP contribution in [0.15, 0.2) is 103 Å². The second-order valence-corrected chi connectivity index (χ2v) is 38.5. The van der Waals surface area contributed by atoms with Gasteiger partial charge in [-0.3, -0.25) is 0 Å². The SMILES string of the molecule is Br.CC(C)(C)[Si](C)(C)OCCC[P+](c1ccccc1)(c1ccccc1)c1ccccc1.CCCCCCCC(=CCCO[Si](C)(C)C(C)(C)C)CCCCCCC.CCCCCCCC(CCCO)CCCCCCC. The first-order valence-electron chi connectivity index (χ1n) is 31.5. The predicted octanol–water partition coefficient (Wildman–Crippen LogP) is 22.1. The summed E-state index contributed by atoms with van der Waals surface area (Å²) in [7, 11) is -5.05. The number of aliphatic hydroxyl groups is 1. The highest BCUT2D eigenvalue weighted by Crippen LogP contribution is 2.56. The smallest absolute Gasteiger partial charge is 0.191 e. The Hall–Kier alpha value is -1.38. The van der Waals surface area contributed by atoms with E-state index in [0.29, 0.717) is 11.6 Å². The Kier molecular flexibility index (Phi) is 43.5. The summed E-state index contributed by atoms with van der Waals surface area (Å²) in [6, 6.07) is 33.4. The third kappa shape index (κ3) is 32.2. The van der Waals surface area contributed by atoms with E-state index in [0.717, 1.165) is 44.6 Å². The number of rotatable bonds is 39. The molecule has 0 aliphatic heterocycles. The van der Waals surface area contributed by atoms with E-state index in [-0.39, 0.29) is 22.0 Å². The van der Waals surface area contributed by atoms with Gasteiger partial charge in [-0.2, -0.15) is 0 Å². The highest BCUT2D eigenvalue weighted by Gasteiger charge is 2.45. The molecule has 0 unspecified atom stereocenters. The van der Waals surface area contributed by atoms with E-state index >= 15 is 0 Å².